The number of sulfone groups is 1. The van der Waals surface area contributed by atoms with Gasteiger partial charge in [-0.3, -0.25) is 4.79 Å². The fraction of sp³-hybridized carbons (Fsp3) is 0.857. The van der Waals surface area contributed by atoms with E-state index in [9.17, 15) is 21.6 Å². The van der Waals surface area contributed by atoms with E-state index in [-0.39, 0.29) is 6.54 Å². The van der Waals surface area contributed by atoms with Crippen LogP contribution in [0.4, 0.5) is 0 Å². The molecule has 0 fully saturated rings. The zero-order chi connectivity index (χ0) is 13.2. The molecule has 7 nitrogen and oxygen atoms in total. The van der Waals surface area contributed by atoms with Gasteiger partial charge in [0.25, 0.3) is 0 Å². The zero-order valence-electron chi connectivity index (χ0n) is 9.22. The van der Waals surface area contributed by atoms with Gasteiger partial charge in [-0.05, 0) is 13.8 Å². The van der Waals surface area contributed by atoms with Crippen molar-refractivity contribution in [2.75, 3.05) is 17.9 Å². The molecule has 16 heavy (non-hydrogen) atoms. The van der Waals surface area contributed by atoms with Crippen molar-refractivity contribution in [3.63, 3.8) is 0 Å². The Morgan fingerprint density at radius 2 is 1.69 bits per heavy atom. The molecule has 0 spiro atoms. The maximum absolute atomic E-state index is 11.2. The molecule has 0 aliphatic heterocycles. The number of rotatable bonds is 6. The van der Waals surface area contributed by atoms with Crippen LogP contribution in [0.1, 0.15) is 13.8 Å². The van der Waals surface area contributed by atoms with Gasteiger partial charge in [0.1, 0.15) is 0 Å². The molecule has 0 rings (SSSR count). The van der Waals surface area contributed by atoms with E-state index in [0.29, 0.717) is 0 Å². The Hall–Kier alpha value is -0.670. The molecule has 0 aromatic rings. The second-order valence-electron chi connectivity index (χ2n) is 4.17. The molecule has 96 valence electrons. The lowest BCUT2D eigenvalue weighted by molar-refractivity contribution is -0.146. The number of sulfonamides is 1. The highest BCUT2D eigenvalue weighted by Crippen LogP contribution is 2.13. The minimum absolute atomic E-state index is 0.361. The first-order valence-corrected chi connectivity index (χ1v) is 7.95. The molecule has 0 saturated heterocycles. The quantitative estimate of drug-likeness (QED) is 0.642. The number of carboxylic acid groups (broad SMARTS) is 1. The number of aliphatic carboxylic acids is 1. The Morgan fingerprint density at radius 1 is 1.25 bits per heavy atom. The van der Waals surface area contributed by atoms with Gasteiger partial charge in [-0.25, -0.2) is 21.6 Å². The number of nitrogens with one attached hydrogen (secondary N) is 1. The monoisotopic (exact) mass is 273 g/mol. The lowest BCUT2D eigenvalue weighted by Crippen LogP contribution is -2.40. The predicted molar refractivity (Wildman–Crippen MR) is 58.1 cm³/mol. The van der Waals surface area contributed by atoms with Crippen LogP contribution >= 0.6 is 0 Å². The van der Waals surface area contributed by atoms with E-state index in [1.54, 1.807) is 0 Å². The number of carboxylic acids is 1. The molecule has 0 bridgehead atoms. The second-order valence-corrected chi connectivity index (χ2v) is 8.48. The van der Waals surface area contributed by atoms with Crippen molar-refractivity contribution in [2.45, 2.75) is 13.8 Å². The number of hydrogen-bond acceptors (Lipinski definition) is 5. The van der Waals surface area contributed by atoms with Crippen molar-refractivity contribution >= 4 is 25.8 Å². The average molecular weight is 273 g/mol. The first-order chi connectivity index (χ1) is 6.86. The Morgan fingerprint density at radius 3 is 2.00 bits per heavy atom. The summed E-state index contributed by atoms with van der Waals surface area (Å²) < 4.78 is 46.0. The zero-order valence-corrected chi connectivity index (χ0v) is 10.9. The molecule has 0 aliphatic carbocycles. The molecular weight excluding hydrogens is 258 g/mol. The summed E-state index contributed by atoms with van der Waals surface area (Å²) in [6, 6.07) is 0. The van der Waals surface area contributed by atoms with Gasteiger partial charge in [-0.15, -0.1) is 0 Å². The SMILES string of the molecule is CC(C)(CNS(=O)(=O)CS(C)(=O)=O)C(=O)O. The van der Waals surface area contributed by atoms with Crippen LogP contribution in [0, 0.1) is 5.41 Å². The summed E-state index contributed by atoms with van der Waals surface area (Å²) in [6.07, 6.45) is 0.786. The van der Waals surface area contributed by atoms with Crippen LogP contribution in [0.2, 0.25) is 0 Å². The molecular formula is C7H15NO6S2. The fourth-order valence-electron chi connectivity index (χ4n) is 0.689. The van der Waals surface area contributed by atoms with Gasteiger partial charge in [0.05, 0.1) is 5.41 Å². The normalized spacial score (nSPS) is 13.7. The Labute approximate surface area is 94.8 Å². The van der Waals surface area contributed by atoms with Crippen molar-refractivity contribution in [1.82, 2.24) is 4.72 Å². The van der Waals surface area contributed by atoms with E-state index in [4.69, 9.17) is 5.11 Å². The summed E-state index contributed by atoms with van der Waals surface area (Å²) in [6.45, 7) is 2.30. The van der Waals surface area contributed by atoms with Crippen LogP contribution in [0.5, 0.6) is 0 Å². The molecule has 0 atom stereocenters. The van der Waals surface area contributed by atoms with Gasteiger partial charge in [0, 0.05) is 12.8 Å². The molecule has 0 aliphatic rings. The van der Waals surface area contributed by atoms with Crippen molar-refractivity contribution in [3.05, 3.63) is 0 Å². The van der Waals surface area contributed by atoms with Gasteiger partial charge in [-0.2, -0.15) is 0 Å². The van der Waals surface area contributed by atoms with Crippen LogP contribution < -0.4 is 4.72 Å². The molecule has 2 N–H and O–H groups in total. The summed E-state index contributed by atoms with van der Waals surface area (Å²) in [7, 11) is -7.67. The Balaban J connectivity index is 4.60. The first kappa shape index (κ1) is 15.3. The minimum atomic E-state index is -4.01. The van der Waals surface area contributed by atoms with Crippen LogP contribution in [-0.4, -0.2) is 45.8 Å². The van der Waals surface area contributed by atoms with Gasteiger partial charge in [0.2, 0.25) is 10.0 Å². The van der Waals surface area contributed by atoms with E-state index in [1.807, 2.05) is 4.72 Å². The largest absolute Gasteiger partial charge is 0.481 e. The summed E-state index contributed by atoms with van der Waals surface area (Å²) in [4.78, 5) is 10.7. The van der Waals surface area contributed by atoms with E-state index in [1.165, 1.54) is 13.8 Å². The molecule has 0 amide bonds. The lowest BCUT2D eigenvalue weighted by Gasteiger charge is -2.19. The maximum Gasteiger partial charge on any atom is 0.310 e. The smallest absolute Gasteiger partial charge is 0.310 e. The predicted octanol–water partition coefficient (Wildman–Crippen LogP) is -0.981. The maximum atomic E-state index is 11.2. The third-order valence-electron chi connectivity index (χ3n) is 1.68. The van der Waals surface area contributed by atoms with Crippen LogP contribution in [0.25, 0.3) is 0 Å². The summed E-state index contributed by atoms with van der Waals surface area (Å²) >= 11 is 0. The van der Waals surface area contributed by atoms with Crippen LogP contribution in [-0.2, 0) is 24.7 Å². The van der Waals surface area contributed by atoms with Crippen molar-refractivity contribution in [3.8, 4) is 0 Å². The third kappa shape index (κ3) is 6.03. The summed E-state index contributed by atoms with van der Waals surface area (Å²) in [5.41, 5.74) is -1.29. The van der Waals surface area contributed by atoms with Crippen molar-refractivity contribution < 1.29 is 26.7 Å². The van der Waals surface area contributed by atoms with Gasteiger partial charge < -0.3 is 5.11 Å². The average Bonchev–Trinajstić information content (AvgIpc) is 1.96. The fourth-order valence-corrected chi connectivity index (χ4v) is 3.86. The van der Waals surface area contributed by atoms with Crippen molar-refractivity contribution in [2.24, 2.45) is 5.41 Å². The topological polar surface area (TPSA) is 118 Å². The van der Waals surface area contributed by atoms with E-state index >= 15 is 0 Å². The standard InChI is InChI=1S/C7H15NO6S2/c1-7(2,6(9)10)4-8-16(13,14)5-15(3,11)12/h8H,4-5H2,1-3H3,(H,9,10). The van der Waals surface area contributed by atoms with Crippen molar-refractivity contribution in [1.29, 1.82) is 0 Å². The van der Waals surface area contributed by atoms with Crippen LogP contribution in [0.15, 0.2) is 0 Å². The number of carbonyl (C=O) groups is 1. The Bertz CT molecular complexity index is 461. The minimum Gasteiger partial charge on any atom is -0.481 e. The summed E-state index contributed by atoms with van der Waals surface area (Å²) in [5, 5.41) is 7.67. The van der Waals surface area contributed by atoms with E-state index in [2.05, 4.69) is 0 Å². The summed E-state index contributed by atoms with van der Waals surface area (Å²) in [5.74, 6) is -1.17. The van der Waals surface area contributed by atoms with Gasteiger partial charge >= 0.3 is 5.97 Å². The molecule has 0 aromatic carbocycles. The highest BCUT2D eigenvalue weighted by molar-refractivity contribution is 8.06. The molecule has 0 radical (unpaired) electrons. The highest BCUT2D eigenvalue weighted by atomic mass is 32.3. The van der Waals surface area contributed by atoms with E-state index in [0.717, 1.165) is 6.26 Å². The second kappa shape index (κ2) is 4.68. The van der Waals surface area contributed by atoms with Crippen LogP contribution in [0.3, 0.4) is 0 Å². The molecule has 9 heteroatoms. The first-order valence-electron chi connectivity index (χ1n) is 4.24. The van der Waals surface area contributed by atoms with Gasteiger partial charge in [0.15, 0.2) is 14.9 Å². The Kier molecular flexibility index (Phi) is 4.48. The molecule has 0 heterocycles. The van der Waals surface area contributed by atoms with Gasteiger partial charge in [-0.1, -0.05) is 0 Å². The lowest BCUT2D eigenvalue weighted by atomic mass is 9.95. The molecule has 0 unspecified atom stereocenters. The molecule has 0 aromatic heterocycles. The third-order valence-corrected chi connectivity index (χ3v) is 5.22. The van der Waals surface area contributed by atoms with E-state index < -0.39 is 36.3 Å². The molecule has 0 saturated carbocycles. The highest BCUT2D eigenvalue weighted by Gasteiger charge is 2.29. The number of hydrogen-bond donors (Lipinski definition) is 2.